The predicted molar refractivity (Wildman–Crippen MR) is 79.3 cm³/mol. The molecule has 8 nitrogen and oxygen atoms in total. The summed E-state index contributed by atoms with van der Waals surface area (Å²) in [6.45, 7) is 2.04. The van der Waals surface area contributed by atoms with Gasteiger partial charge in [-0.25, -0.2) is 4.79 Å². The first-order chi connectivity index (χ1) is 10.9. The first-order valence-electron chi connectivity index (χ1n) is 6.65. The number of nitro benzene ring substituents is 1. The second-order valence-corrected chi connectivity index (χ2v) is 4.30. The molecule has 0 bridgehead atoms. The first-order valence-corrected chi connectivity index (χ1v) is 6.65. The normalized spacial score (nSPS) is 10.8. The van der Waals surface area contributed by atoms with Gasteiger partial charge in [-0.3, -0.25) is 19.7 Å². The Balaban J connectivity index is 3.23. The van der Waals surface area contributed by atoms with E-state index in [4.69, 9.17) is 4.74 Å². The lowest BCUT2D eigenvalue weighted by Gasteiger charge is -2.07. The number of Topliss-reactive ketones (excluding diaryl/α,β-unsaturated/α-hetero) is 1. The number of carbonyl (C=O) groups excluding carboxylic acids is 3. The standard InChI is InChI=1S/C15H15NO7/c1-3-22-15(19)12(14(18)9-23-10(2)17)8-11-6-4-5-7-13(11)16(20)21/h4-8H,3,9H2,1-2H3/b12-8+. The Morgan fingerprint density at radius 1 is 1.22 bits per heavy atom. The van der Waals surface area contributed by atoms with Crippen molar-refractivity contribution in [2.45, 2.75) is 13.8 Å². The lowest BCUT2D eigenvalue weighted by Crippen LogP contribution is -2.21. The second-order valence-electron chi connectivity index (χ2n) is 4.30. The van der Waals surface area contributed by atoms with Crippen molar-refractivity contribution < 1.29 is 28.8 Å². The second kappa shape index (κ2) is 8.42. The highest BCUT2D eigenvalue weighted by Crippen LogP contribution is 2.21. The molecule has 0 aromatic heterocycles. The van der Waals surface area contributed by atoms with Gasteiger partial charge >= 0.3 is 11.9 Å². The molecule has 0 aliphatic rings. The van der Waals surface area contributed by atoms with E-state index in [-0.39, 0.29) is 17.9 Å². The molecule has 0 spiro atoms. The van der Waals surface area contributed by atoms with Crippen LogP contribution in [0.5, 0.6) is 0 Å². The zero-order valence-corrected chi connectivity index (χ0v) is 12.6. The number of nitrogens with zero attached hydrogens (tertiary/aromatic N) is 1. The summed E-state index contributed by atoms with van der Waals surface area (Å²) >= 11 is 0. The fraction of sp³-hybridized carbons (Fsp3) is 0.267. The molecular weight excluding hydrogens is 306 g/mol. The van der Waals surface area contributed by atoms with Crippen molar-refractivity contribution in [3.8, 4) is 0 Å². The fourth-order valence-electron chi connectivity index (χ4n) is 1.64. The maximum absolute atomic E-state index is 12.0. The Morgan fingerprint density at radius 3 is 2.43 bits per heavy atom. The Labute approximate surface area is 131 Å². The van der Waals surface area contributed by atoms with Gasteiger partial charge in [0.25, 0.3) is 5.69 Å². The molecule has 1 aromatic carbocycles. The molecule has 0 unspecified atom stereocenters. The molecule has 0 atom stereocenters. The number of nitro groups is 1. The van der Waals surface area contributed by atoms with Gasteiger partial charge in [-0.15, -0.1) is 0 Å². The lowest BCUT2D eigenvalue weighted by atomic mass is 10.1. The molecular formula is C15H15NO7. The number of ether oxygens (including phenoxy) is 2. The summed E-state index contributed by atoms with van der Waals surface area (Å²) in [4.78, 5) is 45.1. The van der Waals surface area contributed by atoms with E-state index < -0.39 is 34.8 Å². The maximum atomic E-state index is 12.0. The van der Waals surface area contributed by atoms with Gasteiger partial charge in [0.2, 0.25) is 5.78 Å². The number of esters is 2. The van der Waals surface area contributed by atoms with Crippen molar-refractivity contribution in [3.05, 3.63) is 45.5 Å². The Bertz CT molecular complexity index is 664. The van der Waals surface area contributed by atoms with E-state index in [2.05, 4.69) is 4.74 Å². The van der Waals surface area contributed by atoms with Crippen LogP contribution in [-0.4, -0.2) is 35.9 Å². The largest absolute Gasteiger partial charge is 0.462 e. The highest BCUT2D eigenvalue weighted by Gasteiger charge is 2.22. The summed E-state index contributed by atoms with van der Waals surface area (Å²) in [5, 5.41) is 11.0. The molecule has 0 radical (unpaired) electrons. The van der Waals surface area contributed by atoms with E-state index in [1.807, 2.05) is 0 Å². The number of rotatable bonds is 7. The van der Waals surface area contributed by atoms with Crippen LogP contribution in [0.4, 0.5) is 5.69 Å². The summed E-state index contributed by atoms with van der Waals surface area (Å²) in [5.41, 5.74) is -0.631. The molecule has 122 valence electrons. The van der Waals surface area contributed by atoms with Crippen LogP contribution >= 0.6 is 0 Å². The minimum absolute atomic E-state index is 0.0217. The van der Waals surface area contributed by atoms with Crippen molar-refractivity contribution >= 4 is 29.5 Å². The third-order valence-electron chi connectivity index (χ3n) is 2.64. The third kappa shape index (κ3) is 5.34. The predicted octanol–water partition coefficient (Wildman–Crippen LogP) is 1.67. The molecule has 0 aliphatic heterocycles. The van der Waals surface area contributed by atoms with Gasteiger partial charge in [-0.05, 0) is 19.1 Å². The van der Waals surface area contributed by atoms with Gasteiger partial charge in [0, 0.05) is 13.0 Å². The zero-order chi connectivity index (χ0) is 17.4. The van der Waals surface area contributed by atoms with Crippen molar-refractivity contribution in [1.29, 1.82) is 0 Å². The molecule has 1 aromatic rings. The first kappa shape index (κ1) is 18.0. The third-order valence-corrected chi connectivity index (χ3v) is 2.64. The highest BCUT2D eigenvalue weighted by atomic mass is 16.6. The Hall–Kier alpha value is -3.03. The van der Waals surface area contributed by atoms with Gasteiger partial charge in [0.05, 0.1) is 17.1 Å². The van der Waals surface area contributed by atoms with Crippen molar-refractivity contribution in [1.82, 2.24) is 0 Å². The highest BCUT2D eigenvalue weighted by molar-refractivity contribution is 6.21. The van der Waals surface area contributed by atoms with E-state index in [0.717, 1.165) is 13.0 Å². The van der Waals surface area contributed by atoms with Crippen LogP contribution in [0.25, 0.3) is 6.08 Å². The van der Waals surface area contributed by atoms with Gasteiger partial charge < -0.3 is 9.47 Å². The van der Waals surface area contributed by atoms with E-state index in [1.165, 1.54) is 24.3 Å². The number of benzene rings is 1. The molecule has 0 amide bonds. The minimum Gasteiger partial charge on any atom is -0.462 e. The number of ketones is 1. The van der Waals surface area contributed by atoms with Crippen molar-refractivity contribution in [3.63, 3.8) is 0 Å². The smallest absolute Gasteiger partial charge is 0.341 e. The maximum Gasteiger partial charge on any atom is 0.341 e. The molecule has 0 saturated carbocycles. The molecule has 0 N–H and O–H groups in total. The lowest BCUT2D eigenvalue weighted by molar-refractivity contribution is -0.385. The molecule has 0 aliphatic carbocycles. The molecule has 0 heterocycles. The Morgan fingerprint density at radius 2 is 1.87 bits per heavy atom. The number of hydrogen-bond donors (Lipinski definition) is 0. The van der Waals surface area contributed by atoms with Crippen LogP contribution in [-0.2, 0) is 23.9 Å². The summed E-state index contributed by atoms with van der Waals surface area (Å²) in [6, 6.07) is 5.61. The molecule has 8 heteroatoms. The summed E-state index contributed by atoms with van der Waals surface area (Å²) in [7, 11) is 0. The van der Waals surface area contributed by atoms with Gasteiger partial charge in [0.15, 0.2) is 6.61 Å². The van der Waals surface area contributed by atoms with E-state index in [1.54, 1.807) is 6.92 Å². The summed E-state index contributed by atoms with van der Waals surface area (Å²) in [5.74, 6) is -2.44. The molecule has 0 fully saturated rings. The van der Waals surface area contributed by atoms with Crippen molar-refractivity contribution in [2.75, 3.05) is 13.2 Å². The monoisotopic (exact) mass is 321 g/mol. The Kier molecular flexibility index (Phi) is 6.60. The minimum atomic E-state index is -0.942. The van der Waals surface area contributed by atoms with Crippen LogP contribution in [0, 0.1) is 10.1 Å². The average Bonchev–Trinajstić information content (AvgIpc) is 2.50. The van der Waals surface area contributed by atoms with Crippen LogP contribution < -0.4 is 0 Å². The molecule has 23 heavy (non-hydrogen) atoms. The van der Waals surface area contributed by atoms with Crippen LogP contribution in [0.3, 0.4) is 0 Å². The van der Waals surface area contributed by atoms with Crippen LogP contribution in [0.15, 0.2) is 29.8 Å². The van der Waals surface area contributed by atoms with E-state index >= 15 is 0 Å². The molecule has 0 saturated heterocycles. The van der Waals surface area contributed by atoms with Gasteiger partial charge in [-0.1, -0.05) is 12.1 Å². The van der Waals surface area contributed by atoms with Crippen LogP contribution in [0.1, 0.15) is 19.4 Å². The summed E-state index contributed by atoms with van der Waals surface area (Å²) in [6.07, 6.45) is 1.06. The number of para-hydroxylation sites is 1. The fourth-order valence-corrected chi connectivity index (χ4v) is 1.64. The summed E-state index contributed by atoms with van der Waals surface area (Å²) < 4.78 is 9.32. The molecule has 1 rings (SSSR count). The SMILES string of the molecule is CCOC(=O)/C(=C/c1ccccc1[N+](=O)[O-])C(=O)COC(C)=O. The van der Waals surface area contributed by atoms with E-state index in [9.17, 15) is 24.5 Å². The van der Waals surface area contributed by atoms with E-state index in [0.29, 0.717) is 0 Å². The zero-order valence-electron chi connectivity index (χ0n) is 12.6. The average molecular weight is 321 g/mol. The van der Waals surface area contributed by atoms with Gasteiger partial charge in [-0.2, -0.15) is 0 Å². The van der Waals surface area contributed by atoms with Crippen molar-refractivity contribution in [2.24, 2.45) is 0 Å². The topological polar surface area (TPSA) is 113 Å². The van der Waals surface area contributed by atoms with Crippen LogP contribution in [0.2, 0.25) is 0 Å². The number of carbonyl (C=O) groups is 3. The van der Waals surface area contributed by atoms with Gasteiger partial charge in [0.1, 0.15) is 5.57 Å². The quantitative estimate of drug-likeness (QED) is 0.187. The number of hydrogen-bond acceptors (Lipinski definition) is 7.